The molecule has 0 aliphatic carbocycles. The first kappa shape index (κ1) is 14.8. The average Bonchev–Trinajstić information content (AvgIpc) is 2.43. The Morgan fingerprint density at radius 2 is 2.16 bits per heavy atom. The van der Waals surface area contributed by atoms with Gasteiger partial charge in [0.2, 0.25) is 0 Å². The van der Waals surface area contributed by atoms with Gasteiger partial charge in [0.25, 0.3) is 0 Å². The molecule has 0 radical (unpaired) electrons. The van der Waals surface area contributed by atoms with Crippen LogP contribution in [0.5, 0.6) is 0 Å². The molecule has 2 nitrogen and oxygen atoms in total. The minimum atomic E-state index is 0.245. The van der Waals surface area contributed by atoms with E-state index in [2.05, 4.69) is 58.0 Å². The van der Waals surface area contributed by atoms with Crippen molar-refractivity contribution in [1.82, 2.24) is 10.3 Å². The van der Waals surface area contributed by atoms with E-state index in [0.717, 1.165) is 27.3 Å². The Morgan fingerprint density at radius 3 is 2.79 bits per heavy atom. The molecule has 1 heterocycles. The summed E-state index contributed by atoms with van der Waals surface area (Å²) in [6, 6.07) is 12.5. The third kappa shape index (κ3) is 4.16. The van der Waals surface area contributed by atoms with Gasteiger partial charge in [-0.1, -0.05) is 30.7 Å². The van der Waals surface area contributed by atoms with E-state index in [-0.39, 0.29) is 6.04 Å². The van der Waals surface area contributed by atoms with Gasteiger partial charge in [0.05, 0.1) is 5.02 Å². The fraction of sp³-hybridized carbons (Fsp3) is 0.267. The Labute approximate surface area is 132 Å². The number of likely N-dealkylation sites (N-methyl/N-ethyl adjacent to an activating group) is 1. The van der Waals surface area contributed by atoms with Gasteiger partial charge in [0.15, 0.2) is 0 Å². The number of hydrogen-bond donors (Lipinski definition) is 1. The number of rotatable bonds is 5. The predicted octanol–water partition coefficient (Wildman–Crippen LogP) is 4.23. The molecule has 0 saturated heterocycles. The van der Waals surface area contributed by atoms with Crippen LogP contribution < -0.4 is 5.32 Å². The van der Waals surface area contributed by atoms with Crippen molar-refractivity contribution in [2.75, 3.05) is 6.54 Å². The molecule has 2 aromatic rings. The lowest BCUT2D eigenvalue weighted by molar-refractivity contribution is 0.544. The number of aromatic nitrogens is 1. The van der Waals surface area contributed by atoms with Gasteiger partial charge in [0, 0.05) is 27.9 Å². The maximum Gasteiger partial charge on any atom is 0.0542 e. The SMILES string of the molecule is CCNC(Cc1ccccn1)c1ccc(I)c(Cl)c1. The van der Waals surface area contributed by atoms with E-state index < -0.39 is 0 Å². The summed E-state index contributed by atoms with van der Waals surface area (Å²) >= 11 is 8.45. The number of pyridine rings is 1. The third-order valence-corrected chi connectivity index (χ3v) is 4.51. The maximum atomic E-state index is 6.21. The Balaban J connectivity index is 2.21. The van der Waals surface area contributed by atoms with Gasteiger partial charge < -0.3 is 5.32 Å². The summed E-state index contributed by atoms with van der Waals surface area (Å²) < 4.78 is 1.08. The Hall–Kier alpha value is -0.650. The number of nitrogens with zero attached hydrogens (tertiary/aromatic N) is 1. The minimum absolute atomic E-state index is 0.245. The lowest BCUT2D eigenvalue weighted by Crippen LogP contribution is -2.23. The van der Waals surface area contributed by atoms with Crippen LogP contribution >= 0.6 is 34.2 Å². The quantitative estimate of drug-likeness (QED) is 0.778. The summed E-state index contributed by atoms with van der Waals surface area (Å²) in [6.07, 6.45) is 2.70. The third-order valence-electron chi connectivity index (χ3n) is 2.94. The summed E-state index contributed by atoms with van der Waals surface area (Å²) in [7, 11) is 0. The molecule has 19 heavy (non-hydrogen) atoms. The van der Waals surface area contributed by atoms with Crippen molar-refractivity contribution >= 4 is 34.2 Å². The molecule has 1 N–H and O–H groups in total. The van der Waals surface area contributed by atoms with Crippen LogP contribution in [-0.4, -0.2) is 11.5 Å². The lowest BCUT2D eigenvalue weighted by atomic mass is 10.0. The molecule has 1 aromatic heterocycles. The Kier molecular flexibility index (Phi) is 5.60. The first-order valence-electron chi connectivity index (χ1n) is 6.29. The topological polar surface area (TPSA) is 24.9 Å². The molecular weight excluding hydrogens is 371 g/mol. The van der Waals surface area contributed by atoms with E-state index in [4.69, 9.17) is 11.6 Å². The average molecular weight is 387 g/mol. The zero-order valence-corrected chi connectivity index (χ0v) is 13.6. The molecule has 100 valence electrons. The second kappa shape index (κ2) is 7.22. The summed E-state index contributed by atoms with van der Waals surface area (Å²) in [5, 5.41) is 4.30. The van der Waals surface area contributed by atoms with Gasteiger partial charge in [-0.25, -0.2) is 0 Å². The molecule has 0 amide bonds. The van der Waals surface area contributed by atoms with Crippen molar-refractivity contribution in [3.05, 3.63) is 62.4 Å². The molecule has 0 spiro atoms. The highest BCUT2D eigenvalue weighted by Crippen LogP contribution is 2.25. The molecule has 1 atom stereocenters. The first-order chi connectivity index (χ1) is 9.20. The predicted molar refractivity (Wildman–Crippen MR) is 88.5 cm³/mol. The summed E-state index contributed by atoms with van der Waals surface area (Å²) in [4.78, 5) is 4.39. The molecule has 0 aliphatic rings. The number of nitrogens with one attached hydrogen (secondary N) is 1. The van der Waals surface area contributed by atoms with Gasteiger partial charge >= 0.3 is 0 Å². The Bertz CT molecular complexity index is 531. The zero-order chi connectivity index (χ0) is 13.7. The molecule has 0 bridgehead atoms. The normalized spacial score (nSPS) is 12.4. The molecule has 4 heteroatoms. The van der Waals surface area contributed by atoms with Gasteiger partial charge in [-0.15, -0.1) is 0 Å². The van der Waals surface area contributed by atoms with Crippen molar-refractivity contribution in [3.63, 3.8) is 0 Å². The first-order valence-corrected chi connectivity index (χ1v) is 7.74. The monoisotopic (exact) mass is 386 g/mol. The summed E-state index contributed by atoms with van der Waals surface area (Å²) in [6.45, 7) is 3.03. The molecule has 2 rings (SSSR count). The van der Waals surface area contributed by atoms with Crippen LogP contribution in [0.3, 0.4) is 0 Å². The van der Waals surface area contributed by atoms with Gasteiger partial charge in [0.1, 0.15) is 0 Å². The highest BCUT2D eigenvalue weighted by atomic mass is 127. The van der Waals surface area contributed by atoms with Gasteiger partial charge in [-0.05, 0) is 59.0 Å². The number of benzene rings is 1. The largest absolute Gasteiger partial charge is 0.310 e. The zero-order valence-electron chi connectivity index (χ0n) is 10.7. The van der Waals surface area contributed by atoms with Crippen molar-refractivity contribution in [1.29, 1.82) is 0 Å². The molecule has 1 aromatic carbocycles. The van der Waals surface area contributed by atoms with Crippen molar-refractivity contribution < 1.29 is 0 Å². The van der Waals surface area contributed by atoms with Crippen LogP contribution in [0.1, 0.15) is 24.2 Å². The van der Waals surface area contributed by atoms with Crippen molar-refractivity contribution in [2.45, 2.75) is 19.4 Å². The fourth-order valence-corrected chi connectivity index (χ4v) is 2.54. The minimum Gasteiger partial charge on any atom is -0.310 e. The van der Waals surface area contributed by atoms with E-state index in [1.807, 2.05) is 24.4 Å². The summed E-state index contributed by atoms with van der Waals surface area (Å²) in [5.41, 5.74) is 2.29. The van der Waals surface area contributed by atoms with Crippen LogP contribution in [0.25, 0.3) is 0 Å². The van der Waals surface area contributed by atoms with Crippen LogP contribution in [0, 0.1) is 3.57 Å². The van der Waals surface area contributed by atoms with Crippen molar-refractivity contribution in [3.8, 4) is 0 Å². The van der Waals surface area contributed by atoms with Gasteiger partial charge in [-0.3, -0.25) is 4.98 Å². The standard InChI is InChI=1S/C15H16ClIN2/c1-2-18-15(10-12-5-3-4-8-19-12)11-6-7-14(17)13(16)9-11/h3-9,15,18H,2,10H2,1H3. The van der Waals surface area contributed by atoms with Crippen molar-refractivity contribution in [2.24, 2.45) is 0 Å². The fourth-order valence-electron chi connectivity index (χ4n) is 2.01. The van der Waals surface area contributed by atoms with Crippen LogP contribution in [0.4, 0.5) is 0 Å². The molecule has 0 aliphatic heterocycles. The number of halogens is 2. The van der Waals surface area contributed by atoms with Crippen LogP contribution in [0.15, 0.2) is 42.6 Å². The second-order valence-electron chi connectivity index (χ2n) is 4.31. The summed E-state index contributed by atoms with van der Waals surface area (Å²) in [5.74, 6) is 0. The second-order valence-corrected chi connectivity index (χ2v) is 5.88. The molecule has 0 saturated carbocycles. The van der Waals surface area contributed by atoms with Crippen LogP contribution in [-0.2, 0) is 6.42 Å². The highest BCUT2D eigenvalue weighted by Gasteiger charge is 2.13. The van der Waals surface area contributed by atoms with E-state index in [1.165, 1.54) is 5.56 Å². The van der Waals surface area contributed by atoms with E-state index >= 15 is 0 Å². The smallest absolute Gasteiger partial charge is 0.0542 e. The van der Waals surface area contributed by atoms with E-state index in [1.54, 1.807) is 0 Å². The molecule has 1 unspecified atom stereocenters. The maximum absolute atomic E-state index is 6.21. The Morgan fingerprint density at radius 1 is 1.32 bits per heavy atom. The molecular formula is C15H16ClIN2. The van der Waals surface area contributed by atoms with Gasteiger partial charge in [-0.2, -0.15) is 0 Å². The van der Waals surface area contributed by atoms with Crippen LogP contribution in [0.2, 0.25) is 5.02 Å². The van der Waals surface area contributed by atoms with E-state index in [0.29, 0.717) is 0 Å². The number of hydrogen-bond acceptors (Lipinski definition) is 2. The molecule has 0 fully saturated rings. The lowest BCUT2D eigenvalue weighted by Gasteiger charge is -2.18. The van der Waals surface area contributed by atoms with E-state index in [9.17, 15) is 0 Å². The highest BCUT2D eigenvalue weighted by molar-refractivity contribution is 14.1.